The number of carbonyl (C=O) groups excluding carboxylic acids is 1. The number of carbonyl (C=O) groups is 1. The van der Waals surface area contributed by atoms with Crippen LogP contribution >= 0.6 is 15.9 Å². The summed E-state index contributed by atoms with van der Waals surface area (Å²) in [5, 5.41) is 2.99. The summed E-state index contributed by atoms with van der Waals surface area (Å²) in [6, 6.07) is 17.6. The van der Waals surface area contributed by atoms with E-state index in [-0.39, 0.29) is 11.8 Å². The van der Waals surface area contributed by atoms with Gasteiger partial charge >= 0.3 is 0 Å². The SMILES string of the molecule is CCC[C@H](C(=O)Nc1ccc(Br)cc1)c1ccccc1. The Balaban J connectivity index is 2.13. The molecule has 2 rings (SSSR count). The smallest absolute Gasteiger partial charge is 0.231 e. The van der Waals surface area contributed by atoms with E-state index in [0.717, 1.165) is 28.6 Å². The second kappa shape index (κ2) is 7.25. The van der Waals surface area contributed by atoms with Gasteiger partial charge in [-0.25, -0.2) is 0 Å². The van der Waals surface area contributed by atoms with Gasteiger partial charge in [0, 0.05) is 10.2 Å². The van der Waals surface area contributed by atoms with Gasteiger partial charge in [-0.1, -0.05) is 59.6 Å². The summed E-state index contributed by atoms with van der Waals surface area (Å²) in [5.74, 6) is -0.0368. The Kier molecular flexibility index (Phi) is 5.36. The van der Waals surface area contributed by atoms with Gasteiger partial charge in [0.15, 0.2) is 0 Å². The zero-order valence-corrected chi connectivity index (χ0v) is 13.1. The molecule has 0 unspecified atom stereocenters. The number of anilines is 1. The Bertz CT molecular complexity index is 551. The highest BCUT2D eigenvalue weighted by molar-refractivity contribution is 9.10. The fraction of sp³-hybridized carbons (Fsp3) is 0.235. The van der Waals surface area contributed by atoms with E-state index in [2.05, 4.69) is 28.2 Å². The maximum atomic E-state index is 12.5. The summed E-state index contributed by atoms with van der Waals surface area (Å²) >= 11 is 3.39. The van der Waals surface area contributed by atoms with Crippen molar-refractivity contribution in [2.75, 3.05) is 5.32 Å². The first-order valence-corrected chi connectivity index (χ1v) is 7.61. The standard InChI is InChI=1S/C17H18BrNO/c1-2-6-16(13-7-4-3-5-8-13)17(20)19-15-11-9-14(18)10-12-15/h3-5,7-12,16H,2,6H2,1H3,(H,19,20)/t16-/m0/s1. The molecule has 0 aliphatic rings. The first-order chi connectivity index (χ1) is 9.70. The lowest BCUT2D eigenvalue weighted by atomic mass is 9.93. The molecule has 1 amide bonds. The van der Waals surface area contributed by atoms with Gasteiger partial charge in [0.1, 0.15) is 0 Å². The van der Waals surface area contributed by atoms with Crippen LogP contribution in [0, 0.1) is 0 Å². The van der Waals surface area contributed by atoms with Gasteiger partial charge in [-0.05, 0) is 36.2 Å². The molecule has 1 N–H and O–H groups in total. The number of nitrogens with one attached hydrogen (secondary N) is 1. The summed E-state index contributed by atoms with van der Waals surface area (Å²) < 4.78 is 1.00. The monoisotopic (exact) mass is 331 g/mol. The zero-order chi connectivity index (χ0) is 14.4. The molecular weight excluding hydrogens is 314 g/mol. The minimum atomic E-state index is -0.0927. The molecule has 0 saturated heterocycles. The number of hydrogen-bond donors (Lipinski definition) is 1. The summed E-state index contributed by atoms with van der Waals surface area (Å²) in [6.45, 7) is 2.10. The number of hydrogen-bond acceptors (Lipinski definition) is 1. The molecule has 2 nitrogen and oxygen atoms in total. The highest BCUT2D eigenvalue weighted by Crippen LogP contribution is 2.23. The molecule has 0 heterocycles. The van der Waals surface area contributed by atoms with Crippen LogP contribution in [0.15, 0.2) is 59.1 Å². The van der Waals surface area contributed by atoms with Crippen molar-refractivity contribution in [1.82, 2.24) is 0 Å². The van der Waals surface area contributed by atoms with Crippen molar-refractivity contribution in [3.63, 3.8) is 0 Å². The Hall–Kier alpha value is -1.61. The fourth-order valence-corrected chi connectivity index (χ4v) is 2.45. The molecule has 2 aromatic carbocycles. The quantitative estimate of drug-likeness (QED) is 0.823. The van der Waals surface area contributed by atoms with Gasteiger partial charge < -0.3 is 5.32 Å². The molecule has 104 valence electrons. The molecule has 0 bridgehead atoms. The van der Waals surface area contributed by atoms with Crippen LogP contribution in [0.25, 0.3) is 0 Å². The van der Waals surface area contributed by atoms with Gasteiger partial charge in [0.05, 0.1) is 5.92 Å². The van der Waals surface area contributed by atoms with Crippen LogP contribution in [0.2, 0.25) is 0 Å². The van der Waals surface area contributed by atoms with E-state index in [9.17, 15) is 4.79 Å². The van der Waals surface area contributed by atoms with E-state index in [1.807, 2.05) is 54.6 Å². The van der Waals surface area contributed by atoms with E-state index in [1.54, 1.807) is 0 Å². The lowest BCUT2D eigenvalue weighted by molar-refractivity contribution is -0.117. The number of rotatable bonds is 5. The lowest BCUT2D eigenvalue weighted by Crippen LogP contribution is -2.21. The van der Waals surface area contributed by atoms with Crippen LogP contribution in [0.4, 0.5) is 5.69 Å². The highest BCUT2D eigenvalue weighted by Gasteiger charge is 2.19. The van der Waals surface area contributed by atoms with Crippen molar-refractivity contribution in [3.8, 4) is 0 Å². The van der Waals surface area contributed by atoms with E-state index >= 15 is 0 Å². The average molecular weight is 332 g/mol. The van der Waals surface area contributed by atoms with E-state index in [0.29, 0.717) is 0 Å². The van der Waals surface area contributed by atoms with Gasteiger partial charge in [0.25, 0.3) is 0 Å². The maximum absolute atomic E-state index is 12.5. The molecule has 0 aliphatic heterocycles. The molecular formula is C17H18BrNO. The second-order valence-electron chi connectivity index (χ2n) is 4.75. The third-order valence-electron chi connectivity index (χ3n) is 3.21. The number of halogens is 1. The molecule has 1 atom stereocenters. The van der Waals surface area contributed by atoms with Crippen molar-refractivity contribution in [2.45, 2.75) is 25.7 Å². The van der Waals surface area contributed by atoms with Gasteiger partial charge in [-0.2, -0.15) is 0 Å². The second-order valence-corrected chi connectivity index (χ2v) is 5.66. The molecule has 3 heteroatoms. The Morgan fingerprint density at radius 1 is 1.10 bits per heavy atom. The van der Waals surface area contributed by atoms with Crippen LogP contribution in [-0.2, 0) is 4.79 Å². The van der Waals surface area contributed by atoms with Crippen LogP contribution in [0.5, 0.6) is 0 Å². The Morgan fingerprint density at radius 3 is 2.35 bits per heavy atom. The van der Waals surface area contributed by atoms with E-state index in [4.69, 9.17) is 0 Å². The summed E-state index contributed by atoms with van der Waals surface area (Å²) in [7, 11) is 0. The van der Waals surface area contributed by atoms with E-state index in [1.165, 1.54) is 0 Å². The van der Waals surface area contributed by atoms with Crippen LogP contribution in [-0.4, -0.2) is 5.91 Å². The zero-order valence-electron chi connectivity index (χ0n) is 11.5. The van der Waals surface area contributed by atoms with Crippen molar-refractivity contribution in [1.29, 1.82) is 0 Å². The molecule has 0 fully saturated rings. The first-order valence-electron chi connectivity index (χ1n) is 6.82. The molecule has 0 aromatic heterocycles. The van der Waals surface area contributed by atoms with Crippen molar-refractivity contribution in [2.24, 2.45) is 0 Å². The summed E-state index contributed by atoms with van der Waals surface area (Å²) in [4.78, 5) is 12.5. The molecule has 0 aliphatic carbocycles. The Labute approximate surface area is 128 Å². The maximum Gasteiger partial charge on any atom is 0.231 e. The highest BCUT2D eigenvalue weighted by atomic mass is 79.9. The molecule has 2 aromatic rings. The van der Waals surface area contributed by atoms with Gasteiger partial charge in [-0.15, -0.1) is 0 Å². The predicted octanol–water partition coefficient (Wildman–Crippen LogP) is 4.97. The minimum Gasteiger partial charge on any atom is -0.326 e. The third-order valence-corrected chi connectivity index (χ3v) is 3.74. The largest absolute Gasteiger partial charge is 0.326 e. The molecule has 0 radical (unpaired) electrons. The van der Waals surface area contributed by atoms with Crippen molar-refractivity contribution in [3.05, 3.63) is 64.6 Å². The number of amides is 1. The summed E-state index contributed by atoms with van der Waals surface area (Å²) in [5.41, 5.74) is 1.90. The van der Waals surface area contributed by atoms with Crippen molar-refractivity contribution < 1.29 is 4.79 Å². The summed E-state index contributed by atoms with van der Waals surface area (Å²) in [6.07, 6.45) is 1.83. The first kappa shape index (κ1) is 14.8. The van der Waals surface area contributed by atoms with Crippen molar-refractivity contribution >= 4 is 27.5 Å². The number of benzene rings is 2. The van der Waals surface area contributed by atoms with E-state index < -0.39 is 0 Å². The molecule has 20 heavy (non-hydrogen) atoms. The third kappa shape index (κ3) is 3.94. The predicted molar refractivity (Wildman–Crippen MR) is 86.9 cm³/mol. The molecule has 0 spiro atoms. The minimum absolute atomic E-state index is 0.0559. The van der Waals surface area contributed by atoms with Gasteiger partial charge in [0.2, 0.25) is 5.91 Å². The average Bonchev–Trinajstić information content (AvgIpc) is 2.48. The van der Waals surface area contributed by atoms with Crippen LogP contribution in [0.3, 0.4) is 0 Å². The Morgan fingerprint density at radius 2 is 1.75 bits per heavy atom. The lowest BCUT2D eigenvalue weighted by Gasteiger charge is -2.16. The van der Waals surface area contributed by atoms with Crippen LogP contribution in [0.1, 0.15) is 31.2 Å². The topological polar surface area (TPSA) is 29.1 Å². The normalized spacial score (nSPS) is 11.9. The fourth-order valence-electron chi connectivity index (χ4n) is 2.19. The van der Waals surface area contributed by atoms with Crippen LogP contribution < -0.4 is 5.32 Å². The van der Waals surface area contributed by atoms with Gasteiger partial charge in [-0.3, -0.25) is 4.79 Å². The molecule has 0 saturated carbocycles.